The lowest BCUT2D eigenvalue weighted by molar-refractivity contribution is 0.0430. The van der Waals surface area contributed by atoms with Crippen LogP contribution < -0.4 is 9.47 Å². The minimum absolute atomic E-state index is 0.159. The Balaban J connectivity index is 1.47. The summed E-state index contributed by atoms with van der Waals surface area (Å²) < 4.78 is 21.0. The molecule has 0 spiro atoms. The Morgan fingerprint density at radius 1 is 1.00 bits per heavy atom. The lowest BCUT2D eigenvalue weighted by Gasteiger charge is -2.07. The lowest BCUT2D eigenvalue weighted by atomic mass is 10.2. The number of aromatic nitrogens is 4. The molecule has 0 aliphatic heterocycles. The van der Waals surface area contributed by atoms with E-state index in [4.69, 9.17) is 18.7 Å². The Morgan fingerprint density at radius 3 is 2.62 bits per heavy atom. The summed E-state index contributed by atoms with van der Waals surface area (Å²) in [4.78, 5) is 24.9. The average molecular weight is 392 g/mol. The Labute approximate surface area is 165 Å². The summed E-state index contributed by atoms with van der Waals surface area (Å²) >= 11 is 0. The molecule has 2 aromatic carbocycles. The maximum absolute atomic E-state index is 12.3. The van der Waals surface area contributed by atoms with Gasteiger partial charge in [-0.15, -0.1) is 0 Å². The molecule has 2 heterocycles. The summed E-state index contributed by atoms with van der Waals surface area (Å²) in [6.45, 7) is -0.164. The van der Waals surface area contributed by atoms with Crippen LogP contribution in [0.1, 0.15) is 16.2 Å². The van der Waals surface area contributed by atoms with Gasteiger partial charge in [-0.05, 0) is 30.3 Å². The molecule has 9 heteroatoms. The van der Waals surface area contributed by atoms with Gasteiger partial charge in [0.1, 0.15) is 11.5 Å². The van der Waals surface area contributed by atoms with Gasteiger partial charge in [0.25, 0.3) is 5.89 Å². The third kappa shape index (κ3) is 3.84. The molecular formula is C20H16N4O5. The van der Waals surface area contributed by atoms with Crippen LogP contribution in [0, 0.1) is 0 Å². The number of ether oxygens (including phenoxy) is 3. The van der Waals surface area contributed by atoms with Crippen molar-refractivity contribution in [2.24, 2.45) is 0 Å². The summed E-state index contributed by atoms with van der Waals surface area (Å²) in [5.74, 6) is 1.12. The first-order valence-electron chi connectivity index (χ1n) is 8.61. The number of nitrogens with zero attached hydrogens (tertiary/aromatic N) is 4. The molecule has 2 aromatic heterocycles. The Kier molecular flexibility index (Phi) is 5.02. The molecule has 0 unspecified atom stereocenters. The zero-order valence-corrected chi connectivity index (χ0v) is 15.7. The van der Waals surface area contributed by atoms with E-state index in [0.29, 0.717) is 39.5 Å². The monoisotopic (exact) mass is 392 g/mol. The third-order valence-corrected chi connectivity index (χ3v) is 4.15. The van der Waals surface area contributed by atoms with Crippen molar-refractivity contribution >= 4 is 17.0 Å². The van der Waals surface area contributed by atoms with Gasteiger partial charge in [0.2, 0.25) is 5.82 Å². The molecule has 0 amide bonds. The lowest BCUT2D eigenvalue weighted by Crippen LogP contribution is -2.05. The van der Waals surface area contributed by atoms with Gasteiger partial charge in [-0.25, -0.2) is 4.79 Å². The zero-order chi connectivity index (χ0) is 20.2. The van der Waals surface area contributed by atoms with Crippen molar-refractivity contribution in [3.05, 3.63) is 60.2 Å². The van der Waals surface area contributed by atoms with Gasteiger partial charge in [0.15, 0.2) is 6.61 Å². The Bertz CT molecular complexity index is 1170. The second-order valence-electron chi connectivity index (χ2n) is 5.91. The van der Waals surface area contributed by atoms with Gasteiger partial charge < -0.3 is 18.7 Å². The SMILES string of the molecule is COc1ccc(-c2noc(COC(=O)c3ccc4nccnc4c3)n2)c(OC)c1. The summed E-state index contributed by atoms with van der Waals surface area (Å²) in [5, 5.41) is 3.93. The molecule has 0 fully saturated rings. The van der Waals surface area contributed by atoms with Crippen LogP contribution in [0.2, 0.25) is 0 Å². The second-order valence-corrected chi connectivity index (χ2v) is 5.91. The van der Waals surface area contributed by atoms with E-state index >= 15 is 0 Å². The van der Waals surface area contributed by atoms with Gasteiger partial charge in [-0.3, -0.25) is 9.97 Å². The average Bonchev–Trinajstić information content (AvgIpc) is 3.25. The first-order chi connectivity index (χ1) is 14.2. The predicted octanol–water partition coefficient (Wildman–Crippen LogP) is 3.05. The first kappa shape index (κ1) is 18.4. The topological polar surface area (TPSA) is 109 Å². The summed E-state index contributed by atoms with van der Waals surface area (Å²) in [7, 11) is 3.10. The van der Waals surface area contributed by atoms with Gasteiger partial charge in [0, 0.05) is 18.5 Å². The van der Waals surface area contributed by atoms with Crippen molar-refractivity contribution in [1.29, 1.82) is 0 Å². The largest absolute Gasteiger partial charge is 0.497 e. The molecule has 0 radical (unpaired) electrons. The fraction of sp³-hybridized carbons (Fsp3) is 0.150. The van der Waals surface area contributed by atoms with Gasteiger partial charge in [0.05, 0.1) is 36.4 Å². The molecule has 0 atom stereocenters. The molecule has 4 rings (SSSR count). The van der Waals surface area contributed by atoms with Crippen LogP contribution in [-0.4, -0.2) is 40.3 Å². The minimum atomic E-state index is -0.528. The van der Waals surface area contributed by atoms with Crippen molar-refractivity contribution in [3.63, 3.8) is 0 Å². The summed E-state index contributed by atoms with van der Waals surface area (Å²) in [5.41, 5.74) is 2.28. The Morgan fingerprint density at radius 2 is 1.83 bits per heavy atom. The number of esters is 1. The smallest absolute Gasteiger partial charge is 0.338 e. The van der Waals surface area contributed by atoms with Crippen LogP contribution in [0.15, 0.2) is 53.3 Å². The number of carbonyl (C=O) groups excluding carboxylic acids is 1. The molecule has 0 N–H and O–H groups in total. The standard InChI is InChI=1S/C20H16N4O5/c1-26-13-4-5-14(17(10-13)27-2)19-23-18(29-24-19)11-28-20(25)12-3-6-15-16(9-12)22-8-7-21-15/h3-10H,11H2,1-2H3. The van der Waals surface area contributed by atoms with Crippen molar-refractivity contribution in [2.45, 2.75) is 6.61 Å². The van der Waals surface area contributed by atoms with Crippen molar-refractivity contribution < 1.29 is 23.5 Å². The van der Waals surface area contributed by atoms with E-state index in [0.717, 1.165) is 0 Å². The maximum Gasteiger partial charge on any atom is 0.338 e. The van der Waals surface area contributed by atoms with E-state index in [1.165, 1.54) is 7.11 Å². The molecular weight excluding hydrogens is 376 g/mol. The number of benzene rings is 2. The molecule has 9 nitrogen and oxygen atoms in total. The number of hydrogen-bond acceptors (Lipinski definition) is 9. The number of hydrogen-bond donors (Lipinski definition) is 0. The highest BCUT2D eigenvalue weighted by atomic mass is 16.6. The van der Waals surface area contributed by atoms with Crippen LogP contribution >= 0.6 is 0 Å². The van der Waals surface area contributed by atoms with Crippen LogP contribution in [0.3, 0.4) is 0 Å². The molecule has 0 aliphatic carbocycles. The van der Waals surface area contributed by atoms with E-state index in [1.54, 1.807) is 55.9 Å². The van der Waals surface area contributed by atoms with E-state index < -0.39 is 5.97 Å². The number of rotatable bonds is 6. The molecule has 146 valence electrons. The van der Waals surface area contributed by atoms with Crippen LogP contribution in [-0.2, 0) is 11.3 Å². The van der Waals surface area contributed by atoms with E-state index in [2.05, 4.69) is 20.1 Å². The highest BCUT2D eigenvalue weighted by Gasteiger charge is 2.16. The first-order valence-corrected chi connectivity index (χ1v) is 8.61. The number of fused-ring (bicyclic) bond motifs is 1. The molecule has 29 heavy (non-hydrogen) atoms. The van der Waals surface area contributed by atoms with Gasteiger partial charge in [-0.2, -0.15) is 4.98 Å². The number of methoxy groups -OCH3 is 2. The zero-order valence-electron chi connectivity index (χ0n) is 15.7. The van der Waals surface area contributed by atoms with Gasteiger partial charge in [-0.1, -0.05) is 5.16 Å². The normalized spacial score (nSPS) is 10.7. The summed E-state index contributed by atoms with van der Waals surface area (Å²) in [6, 6.07) is 10.2. The predicted molar refractivity (Wildman–Crippen MR) is 101 cm³/mol. The highest BCUT2D eigenvalue weighted by Crippen LogP contribution is 2.31. The minimum Gasteiger partial charge on any atom is -0.497 e. The molecule has 0 bridgehead atoms. The van der Waals surface area contributed by atoms with E-state index in [-0.39, 0.29) is 12.5 Å². The van der Waals surface area contributed by atoms with Crippen molar-refractivity contribution in [2.75, 3.05) is 14.2 Å². The molecule has 0 aliphatic rings. The van der Waals surface area contributed by atoms with Crippen LogP contribution in [0.25, 0.3) is 22.4 Å². The quantitative estimate of drug-likeness (QED) is 0.457. The fourth-order valence-electron chi connectivity index (χ4n) is 2.71. The van der Waals surface area contributed by atoms with Crippen molar-refractivity contribution in [3.8, 4) is 22.9 Å². The fourth-order valence-corrected chi connectivity index (χ4v) is 2.71. The van der Waals surface area contributed by atoms with E-state index in [9.17, 15) is 4.79 Å². The third-order valence-electron chi connectivity index (χ3n) is 4.15. The Hall–Kier alpha value is -4.01. The maximum atomic E-state index is 12.3. The summed E-state index contributed by atoms with van der Waals surface area (Å²) in [6.07, 6.45) is 3.15. The molecule has 0 saturated heterocycles. The van der Waals surface area contributed by atoms with Crippen LogP contribution in [0.5, 0.6) is 11.5 Å². The van der Waals surface area contributed by atoms with E-state index in [1.807, 2.05) is 0 Å². The van der Waals surface area contributed by atoms with Crippen LogP contribution in [0.4, 0.5) is 0 Å². The molecule has 4 aromatic rings. The van der Waals surface area contributed by atoms with Crippen molar-refractivity contribution in [1.82, 2.24) is 20.1 Å². The second kappa shape index (κ2) is 7.93. The molecule has 0 saturated carbocycles. The highest BCUT2D eigenvalue weighted by molar-refractivity contribution is 5.93. The van der Waals surface area contributed by atoms with Gasteiger partial charge >= 0.3 is 5.97 Å². The number of carbonyl (C=O) groups is 1.